The number of hydrogen-bond acceptors (Lipinski definition) is 3. The van der Waals surface area contributed by atoms with Gasteiger partial charge in [-0.05, 0) is 30.7 Å². The van der Waals surface area contributed by atoms with Crippen molar-refractivity contribution in [3.8, 4) is 6.07 Å². The summed E-state index contributed by atoms with van der Waals surface area (Å²) in [6.45, 7) is 5.88. The fourth-order valence-corrected chi connectivity index (χ4v) is 1.75. The van der Waals surface area contributed by atoms with Crippen LogP contribution in [-0.2, 0) is 11.3 Å². The summed E-state index contributed by atoms with van der Waals surface area (Å²) in [6, 6.07) is 9.92. The van der Waals surface area contributed by atoms with Crippen molar-refractivity contribution in [3.63, 3.8) is 0 Å². The summed E-state index contributed by atoms with van der Waals surface area (Å²) in [5, 5.41) is 8.73. The van der Waals surface area contributed by atoms with E-state index in [0.717, 1.165) is 32.7 Å². The molecule has 0 aliphatic rings. The van der Waals surface area contributed by atoms with Crippen LogP contribution in [0.25, 0.3) is 0 Å². The predicted octanol–water partition coefficient (Wildman–Crippen LogP) is 2.42. The summed E-state index contributed by atoms with van der Waals surface area (Å²) in [7, 11) is 1.73. The number of hydrogen-bond donors (Lipinski definition) is 0. The molecule has 3 nitrogen and oxygen atoms in total. The van der Waals surface area contributed by atoms with Crippen LogP contribution in [0, 0.1) is 11.3 Å². The summed E-state index contributed by atoms with van der Waals surface area (Å²) in [5.74, 6) is 0. The van der Waals surface area contributed by atoms with Crippen LogP contribution in [0.5, 0.6) is 0 Å². The Kier molecular flexibility index (Phi) is 6.31. The van der Waals surface area contributed by atoms with Gasteiger partial charge in [0.25, 0.3) is 0 Å². The number of nitrogens with zero attached hydrogens (tertiary/aromatic N) is 2. The van der Waals surface area contributed by atoms with E-state index in [1.54, 1.807) is 7.11 Å². The molecule has 0 saturated heterocycles. The van der Waals surface area contributed by atoms with Crippen LogP contribution in [0.15, 0.2) is 24.3 Å². The summed E-state index contributed by atoms with van der Waals surface area (Å²) < 4.78 is 5.11. The number of benzene rings is 1. The normalized spacial score (nSPS) is 10.5. The van der Waals surface area contributed by atoms with E-state index in [-0.39, 0.29) is 0 Å². The molecule has 0 amide bonds. The molecular weight excluding hydrogens is 212 g/mol. The van der Waals surface area contributed by atoms with Gasteiger partial charge in [0.1, 0.15) is 0 Å². The first-order valence-corrected chi connectivity index (χ1v) is 6.00. The highest BCUT2D eigenvalue weighted by atomic mass is 16.5. The van der Waals surface area contributed by atoms with Gasteiger partial charge in [-0.1, -0.05) is 19.1 Å². The van der Waals surface area contributed by atoms with Crippen molar-refractivity contribution < 1.29 is 4.74 Å². The highest BCUT2D eigenvalue weighted by Crippen LogP contribution is 2.07. The second kappa shape index (κ2) is 7.83. The monoisotopic (exact) mass is 232 g/mol. The summed E-state index contributed by atoms with van der Waals surface area (Å²) in [6.07, 6.45) is 1.14. The van der Waals surface area contributed by atoms with Gasteiger partial charge in [0.05, 0.1) is 18.2 Å². The Morgan fingerprint density at radius 2 is 1.94 bits per heavy atom. The summed E-state index contributed by atoms with van der Waals surface area (Å²) in [5.41, 5.74) is 1.96. The molecule has 0 N–H and O–H groups in total. The zero-order chi connectivity index (χ0) is 12.5. The molecule has 0 unspecified atom stereocenters. The molecule has 1 aromatic rings. The van der Waals surface area contributed by atoms with Crippen LogP contribution in [0.1, 0.15) is 24.5 Å². The molecule has 0 aliphatic heterocycles. The summed E-state index contributed by atoms with van der Waals surface area (Å²) in [4.78, 5) is 2.37. The zero-order valence-corrected chi connectivity index (χ0v) is 10.6. The van der Waals surface area contributed by atoms with Gasteiger partial charge in [-0.25, -0.2) is 0 Å². The summed E-state index contributed by atoms with van der Waals surface area (Å²) >= 11 is 0. The fourth-order valence-electron chi connectivity index (χ4n) is 1.75. The van der Waals surface area contributed by atoms with E-state index >= 15 is 0 Å². The third-order valence-corrected chi connectivity index (χ3v) is 2.64. The Morgan fingerprint density at radius 1 is 1.24 bits per heavy atom. The molecule has 17 heavy (non-hydrogen) atoms. The molecule has 0 radical (unpaired) electrons. The molecule has 0 saturated carbocycles. The standard InChI is InChI=1S/C14H20N2O/c1-3-8-16(9-10-17-2)12-14-6-4-13(11-15)5-7-14/h4-7H,3,8-10,12H2,1-2H3. The zero-order valence-electron chi connectivity index (χ0n) is 10.6. The van der Waals surface area contributed by atoms with Crippen molar-refractivity contribution in [2.24, 2.45) is 0 Å². The molecule has 0 aromatic heterocycles. The highest BCUT2D eigenvalue weighted by molar-refractivity contribution is 5.31. The minimum Gasteiger partial charge on any atom is -0.383 e. The molecule has 0 aliphatic carbocycles. The van der Waals surface area contributed by atoms with Gasteiger partial charge in [0.2, 0.25) is 0 Å². The van der Waals surface area contributed by atoms with Crippen molar-refractivity contribution in [1.82, 2.24) is 4.90 Å². The third kappa shape index (κ3) is 4.99. The lowest BCUT2D eigenvalue weighted by Crippen LogP contribution is -2.27. The van der Waals surface area contributed by atoms with Crippen molar-refractivity contribution in [1.29, 1.82) is 5.26 Å². The second-order valence-electron chi connectivity index (χ2n) is 4.08. The first-order chi connectivity index (χ1) is 8.30. The van der Waals surface area contributed by atoms with Gasteiger partial charge in [-0.15, -0.1) is 0 Å². The molecule has 0 fully saturated rings. The van der Waals surface area contributed by atoms with Crippen LogP contribution < -0.4 is 0 Å². The molecule has 0 heterocycles. The fraction of sp³-hybridized carbons (Fsp3) is 0.500. The van der Waals surface area contributed by atoms with Crippen molar-refractivity contribution in [2.45, 2.75) is 19.9 Å². The lowest BCUT2D eigenvalue weighted by atomic mass is 10.1. The van der Waals surface area contributed by atoms with Gasteiger partial charge in [0, 0.05) is 20.2 Å². The molecular formula is C14H20N2O. The average molecular weight is 232 g/mol. The Hall–Kier alpha value is -1.37. The van der Waals surface area contributed by atoms with E-state index < -0.39 is 0 Å². The number of nitriles is 1. The molecule has 3 heteroatoms. The van der Waals surface area contributed by atoms with E-state index in [1.807, 2.05) is 24.3 Å². The Labute approximate surface area is 104 Å². The lowest BCUT2D eigenvalue weighted by molar-refractivity contribution is 0.144. The highest BCUT2D eigenvalue weighted by Gasteiger charge is 2.04. The smallest absolute Gasteiger partial charge is 0.0991 e. The second-order valence-corrected chi connectivity index (χ2v) is 4.08. The van der Waals surface area contributed by atoms with E-state index in [4.69, 9.17) is 10.00 Å². The quantitative estimate of drug-likeness (QED) is 0.724. The van der Waals surface area contributed by atoms with E-state index in [9.17, 15) is 0 Å². The largest absolute Gasteiger partial charge is 0.383 e. The maximum Gasteiger partial charge on any atom is 0.0991 e. The Morgan fingerprint density at radius 3 is 2.47 bits per heavy atom. The molecule has 0 bridgehead atoms. The van der Waals surface area contributed by atoms with Crippen LogP contribution in [0.3, 0.4) is 0 Å². The van der Waals surface area contributed by atoms with Crippen molar-refractivity contribution >= 4 is 0 Å². The first kappa shape index (κ1) is 13.7. The SMILES string of the molecule is CCCN(CCOC)Cc1ccc(C#N)cc1. The van der Waals surface area contributed by atoms with Crippen LogP contribution >= 0.6 is 0 Å². The molecule has 92 valence electrons. The number of methoxy groups -OCH3 is 1. The molecule has 1 aromatic carbocycles. The van der Waals surface area contributed by atoms with Crippen LogP contribution in [0.2, 0.25) is 0 Å². The van der Waals surface area contributed by atoms with E-state index in [1.165, 1.54) is 5.56 Å². The van der Waals surface area contributed by atoms with Gasteiger partial charge >= 0.3 is 0 Å². The maximum absolute atomic E-state index is 8.73. The number of ether oxygens (including phenoxy) is 1. The van der Waals surface area contributed by atoms with Gasteiger partial charge in [-0.3, -0.25) is 4.90 Å². The van der Waals surface area contributed by atoms with Crippen molar-refractivity contribution in [2.75, 3.05) is 26.8 Å². The average Bonchev–Trinajstić information content (AvgIpc) is 2.37. The number of rotatable bonds is 7. The van der Waals surface area contributed by atoms with Crippen LogP contribution in [-0.4, -0.2) is 31.7 Å². The van der Waals surface area contributed by atoms with E-state index in [0.29, 0.717) is 5.56 Å². The van der Waals surface area contributed by atoms with E-state index in [2.05, 4.69) is 17.9 Å². The first-order valence-electron chi connectivity index (χ1n) is 6.00. The maximum atomic E-state index is 8.73. The van der Waals surface area contributed by atoms with Gasteiger partial charge in [0.15, 0.2) is 0 Å². The van der Waals surface area contributed by atoms with Crippen molar-refractivity contribution in [3.05, 3.63) is 35.4 Å². The third-order valence-electron chi connectivity index (χ3n) is 2.64. The molecule has 0 atom stereocenters. The lowest BCUT2D eigenvalue weighted by Gasteiger charge is -2.21. The van der Waals surface area contributed by atoms with Gasteiger partial charge in [-0.2, -0.15) is 5.26 Å². The molecule has 1 rings (SSSR count). The van der Waals surface area contributed by atoms with Crippen LogP contribution in [0.4, 0.5) is 0 Å². The Balaban J connectivity index is 2.55. The minimum atomic E-state index is 0.715. The Bertz CT molecular complexity index is 353. The minimum absolute atomic E-state index is 0.715. The molecule has 0 spiro atoms. The van der Waals surface area contributed by atoms with Gasteiger partial charge < -0.3 is 4.74 Å². The predicted molar refractivity (Wildman–Crippen MR) is 68.6 cm³/mol. The topological polar surface area (TPSA) is 36.3 Å².